The second-order valence-electron chi connectivity index (χ2n) is 8.15. The van der Waals surface area contributed by atoms with E-state index in [0.29, 0.717) is 12.3 Å². The van der Waals surface area contributed by atoms with Crippen LogP contribution in [0.2, 0.25) is 5.02 Å². The standard InChI is InChI=1S/C23H27ClO2/c24-23-8-7-19(20-10-16(14-25)11-22(26)13-20)12-21(23)9-15-1-3-17(4-2-15)18-5-6-18/h1-4,7-8,12,16,18,20,22,25-26H,5-6,9-11,13-14H2/t16?,20-,22?/m1/s1. The summed E-state index contributed by atoms with van der Waals surface area (Å²) in [6.07, 6.45) is 5.58. The molecule has 0 amide bonds. The van der Waals surface area contributed by atoms with Crippen LogP contribution in [0.15, 0.2) is 42.5 Å². The molecule has 0 saturated heterocycles. The van der Waals surface area contributed by atoms with E-state index in [1.807, 2.05) is 6.07 Å². The summed E-state index contributed by atoms with van der Waals surface area (Å²) in [5.74, 6) is 1.27. The molecule has 2 aromatic carbocycles. The van der Waals surface area contributed by atoms with Crippen LogP contribution in [0.25, 0.3) is 0 Å². The summed E-state index contributed by atoms with van der Waals surface area (Å²) in [6.45, 7) is 0.154. The number of rotatable bonds is 5. The Balaban J connectivity index is 1.52. The third kappa shape index (κ3) is 4.14. The molecule has 138 valence electrons. The Morgan fingerprint density at radius 1 is 0.885 bits per heavy atom. The van der Waals surface area contributed by atoms with Crippen molar-refractivity contribution in [2.24, 2.45) is 5.92 Å². The third-order valence-corrected chi connectivity index (χ3v) is 6.37. The van der Waals surface area contributed by atoms with Crippen molar-refractivity contribution in [3.05, 3.63) is 69.7 Å². The third-order valence-electron chi connectivity index (χ3n) is 6.00. The van der Waals surface area contributed by atoms with Gasteiger partial charge in [0, 0.05) is 11.6 Å². The monoisotopic (exact) mass is 370 g/mol. The first-order chi connectivity index (χ1) is 12.6. The molecule has 2 N–H and O–H groups in total. The fourth-order valence-corrected chi connectivity index (χ4v) is 4.54. The molecule has 2 aliphatic rings. The lowest BCUT2D eigenvalue weighted by Crippen LogP contribution is -2.27. The summed E-state index contributed by atoms with van der Waals surface area (Å²) in [6, 6.07) is 15.2. The summed E-state index contributed by atoms with van der Waals surface area (Å²) in [5, 5.41) is 20.4. The van der Waals surface area contributed by atoms with Crippen LogP contribution in [0.1, 0.15) is 66.2 Å². The molecule has 2 nitrogen and oxygen atoms in total. The molecular formula is C23H27ClO2. The number of hydrogen-bond acceptors (Lipinski definition) is 2. The zero-order valence-electron chi connectivity index (χ0n) is 15.1. The Hall–Kier alpha value is -1.35. The lowest BCUT2D eigenvalue weighted by Gasteiger charge is -2.32. The van der Waals surface area contributed by atoms with Crippen LogP contribution in [-0.2, 0) is 6.42 Å². The maximum atomic E-state index is 10.1. The minimum atomic E-state index is -0.319. The Labute approximate surface area is 160 Å². The summed E-state index contributed by atoms with van der Waals surface area (Å²) >= 11 is 6.47. The fourth-order valence-electron chi connectivity index (χ4n) is 4.35. The number of hydrogen-bond donors (Lipinski definition) is 2. The molecule has 2 aromatic rings. The molecule has 2 aliphatic carbocycles. The van der Waals surface area contributed by atoms with Crippen molar-refractivity contribution >= 4 is 11.6 Å². The minimum absolute atomic E-state index is 0.154. The van der Waals surface area contributed by atoms with Gasteiger partial charge in [-0.2, -0.15) is 0 Å². The average Bonchev–Trinajstić information content (AvgIpc) is 3.49. The minimum Gasteiger partial charge on any atom is -0.396 e. The van der Waals surface area contributed by atoms with Crippen molar-refractivity contribution in [3.8, 4) is 0 Å². The number of aliphatic hydroxyl groups is 2. The molecule has 0 heterocycles. The van der Waals surface area contributed by atoms with E-state index in [1.165, 1.54) is 29.5 Å². The molecular weight excluding hydrogens is 344 g/mol. The molecule has 0 spiro atoms. The van der Waals surface area contributed by atoms with Crippen molar-refractivity contribution in [1.82, 2.24) is 0 Å². The molecule has 2 saturated carbocycles. The molecule has 3 atom stereocenters. The van der Waals surface area contributed by atoms with Crippen LogP contribution in [0.3, 0.4) is 0 Å². The van der Waals surface area contributed by atoms with Gasteiger partial charge in [-0.25, -0.2) is 0 Å². The van der Waals surface area contributed by atoms with Crippen LogP contribution < -0.4 is 0 Å². The second kappa shape index (κ2) is 7.72. The quantitative estimate of drug-likeness (QED) is 0.773. The normalized spacial score (nSPS) is 26.0. The molecule has 0 bridgehead atoms. The van der Waals surface area contributed by atoms with Gasteiger partial charge in [0.15, 0.2) is 0 Å². The Morgan fingerprint density at radius 3 is 2.31 bits per heavy atom. The van der Waals surface area contributed by atoms with E-state index in [4.69, 9.17) is 11.6 Å². The van der Waals surface area contributed by atoms with Gasteiger partial charge in [-0.05, 0) is 84.6 Å². The molecule has 0 aromatic heterocycles. The van der Waals surface area contributed by atoms with Crippen LogP contribution in [-0.4, -0.2) is 22.9 Å². The molecule has 0 aliphatic heterocycles. The first kappa shape index (κ1) is 18.0. The summed E-state index contributed by atoms with van der Waals surface area (Å²) in [5.41, 5.74) is 5.12. The van der Waals surface area contributed by atoms with Gasteiger partial charge >= 0.3 is 0 Å². The maximum Gasteiger partial charge on any atom is 0.0549 e. The smallest absolute Gasteiger partial charge is 0.0549 e. The van der Waals surface area contributed by atoms with Gasteiger partial charge in [0.25, 0.3) is 0 Å². The van der Waals surface area contributed by atoms with Crippen molar-refractivity contribution < 1.29 is 10.2 Å². The predicted molar refractivity (Wildman–Crippen MR) is 106 cm³/mol. The van der Waals surface area contributed by atoms with Gasteiger partial charge in [0.05, 0.1) is 6.10 Å². The average molecular weight is 371 g/mol. The van der Waals surface area contributed by atoms with Crippen molar-refractivity contribution in [3.63, 3.8) is 0 Å². The van der Waals surface area contributed by atoms with E-state index in [0.717, 1.165) is 35.8 Å². The van der Waals surface area contributed by atoms with Crippen LogP contribution in [0.4, 0.5) is 0 Å². The first-order valence-electron chi connectivity index (χ1n) is 9.78. The number of aliphatic hydroxyl groups excluding tert-OH is 2. The Bertz CT molecular complexity index is 751. The van der Waals surface area contributed by atoms with Crippen LogP contribution in [0, 0.1) is 5.92 Å². The molecule has 26 heavy (non-hydrogen) atoms. The van der Waals surface area contributed by atoms with Gasteiger partial charge in [-0.1, -0.05) is 48.0 Å². The van der Waals surface area contributed by atoms with E-state index >= 15 is 0 Å². The van der Waals surface area contributed by atoms with Crippen LogP contribution >= 0.6 is 11.6 Å². The lowest BCUT2D eigenvalue weighted by atomic mass is 9.76. The lowest BCUT2D eigenvalue weighted by molar-refractivity contribution is 0.0650. The summed E-state index contributed by atoms with van der Waals surface area (Å²) in [7, 11) is 0. The van der Waals surface area contributed by atoms with E-state index in [1.54, 1.807) is 0 Å². The highest BCUT2D eigenvalue weighted by atomic mass is 35.5. The SMILES string of the molecule is OCC1CC(O)C[C@H](c2ccc(Cl)c(Cc3ccc(C4CC4)cc3)c2)C1. The van der Waals surface area contributed by atoms with Gasteiger partial charge in [0.1, 0.15) is 0 Å². The molecule has 3 heteroatoms. The largest absolute Gasteiger partial charge is 0.396 e. The van der Waals surface area contributed by atoms with E-state index in [-0.39, 0.29) is 18.6 Å². The molecule has 2 unspecified atom stereocenters. The van der Waals surface area contributed by atoms with Gasteiger partial charge in [0.2, 0.25) is 0 Å². The molecule has 2 fully saturated rings. The van der Waals surface area contributed by atoms with Crippen LogP contribution in [0.5, 0.6) is 0 Å². The van der Waals surface area contributed by atoms with Crippen molar-refractivity contribution in [2.45, 2.75) is 56.5 Å². The summed E-state index contributed by atoms with van der Waals surface area (Å²) in [4.78, 5) is 0. The highest BCUT2D eigenvalue weighted by molar-refractivity contribution is 6.31. The van der Waals surface area contributed by atoms with Crippen molar-refractivity contribution in [2.75, 3.05) is 6.61 Å². The van der Waals surface area contributed by atoms with Gasteiger partial charge in [-0.3, -0.25) is 0 Å². The van der Waals surface area contributed by atoms with Crippen molar-refractivity contribution in [1.29, 1.82) is 0 Å². The Morgan fingerprint density at radius 2 is 1.62 bits per heavy atom. The number of halogens is 1. The fraction of sp³-hybridized carbons (Fsp3) is 0.478. The Kier molecular flexibility index (Phi) is 5.35. The highest BCUT2D eigenvalue weighted by Crippen LogP contribution is 2.40. The zero-order valence-corrected chi connectivity index (χ0v) is 15.8. The van der Waals surface area contributed by atoms with E-state index in [2.05, 4.69) is 36.4 Å². The zero-order chi connectivity index (χ0) is 18.1. The topological polar surface area (TPSA) is 40.5 Å². The van der Waals surface area contributed by atoms with Gasteiger partial charge < -0.3 is 10.2 Å². The highest BCUT2D eigenvalue weighted by Gasteiger charge is 2.28. The van der Waals surface area contributed by atoms with E-state index in [9.17, 15) is 10.2 Å². The summed E-state index contributed by atoms with van der Waals surface area (Å²) < 4.78 is 0. The predicted octanol–water partition coefficient (Wildman–Crippen LogP) is 5.05. The number of benzene rings is 2. The molecule has 4 rings (SSSR count). The van der Waals surface area contributed by atoms with Gasteiger partial charge in [-0.15, -0.1) is 0 Å². The first-order valence-corrected chi connectivity index (χ1v) is 10.2. The second-order valence-corrected chi connectivity index (χ2v) is 8.56. The maximum absolute atomic E-state index is 10.1. The molecule has 0 radical (unpaired) electrons. The van der Waals surface area contributed by atoms with E-state index < -0.39 is 0 Å².